The minimum atomic E-state index is 0.429. The van der Waals surface area contributed by atoms with E-state index in [4.69, 9.17) is 0 Å². The van der Waals surface area contributed by atoms with Crippen molar-refractivity contribution in [3.8, 4) is 22.3 Å². The monoisotopic (exact) mass is 530 g/mol. The fourth-order valence-corrected chi connectivity index (χ4v) is 5.21. The molecule has 200 valence electrons. The van der Waals surface area contributed by atoms with Crippen LogP contribution < -0.4 is 10.2 Å². The third-order valence-electron chi connectivity index (χ3n) is 7.57. The van der Waals surface area contributed by atoms with E-state index in [1.54, 1.807) is 0 Å². The summed E-state index contributed by atoms with van der Waals surface area (Å²) in [7, 11) is 0. The standard InChI is InChI=1S/C39H34N2/c1-30(31-11-5-2-6-12-31)29-40-36-21-27-39(28-22-36)41(37-23-17-34(18-24-37)32-13-7-3-8-14-32)38-25-19-35(20-26-38)33-15-9-4-10-16-33/h2-28,30,40H,29H2,1H3/t30-/m0/s1. The van der Waals surface area contributed by atoms with E-state index in [0.29, 0.717) is 5.92 Å². The van der Waals surface area contributed by atoms with Crippen LogP contribution in [0.15, 0.2) is 164 Å². The van der Waals surface area contributed by atoms with Crippen LogP contribution in [-0.4, -0.2) is 6.54 Å². The summed E-state index contributed by atoms with van der Waals surface area (Å²) in [5, 5.41) is 3.62. The second-order valence-corrected chi connectivity index (χ2v) is 10.4. The number of nitrogens with one attached hydrogen (secondary N) is 1. The summed E-state index contributed by atoms with van der Waals surface area (Å²) in [4.78, 5) is 2.32. The average Bonchev–Trinajstić information content (AvgIpc) is 3.06. The molecule has 6 aromatic carbocycles. The molecule has 0 saturated carbocycles. The van der Waals surface area contributed by atoms with Crippen molar-refractivity contribution in [1.29, 1.82) is 0 Å². The fraction of sp³-hybridized carbons (Fsp3) is 0.0769. The van der Waals surface area contributed by atoms with Gasteiger partial charge >= 0.3 is 0 Å². The maximum absolute atomic E-state index is 3.62. The highest BCUT2D eigenvalue weighted by Crippen LogP contribution is 2.37. The summed E-state index contributed by atoms with van der Waals surface area (Å²) < 4.78 is 0. The van der Waals surface area contributed by atoms with Crippen LogP contribution in [0.5, 0.6) is 0 Å². The van der Waals surface area contributed by atoms with Crippen LogP contribution in [0.3, 0.4) is 0 Å². The Morgan fingerprint density at radius 1 is 0.439 bits per heavy atom. The van der Waals surface area contributed by atoms with Crippen LogP contribution in [0.25, 0.3) is 22.3 Å². The molecule has 0 amide bonds. The Labute approximate surface area is 243 Å². The molecule has 0 aromatic heterocycles. The van der Waals surface area contributed by atoms with Gasteiger partial charge in [0.2, 0.25) is 0 Å². The van der Waals surface area contributed by atoms with Gasteiger partial charge in [0, 0.05) is 29.3 Å². The minimum Gasteiger partial charge on any atom is -0.384 e. The Balaban J connectivity index is 1.28. The quantitative estimate of drug-likeness (QED) is 0.200. The topological polar surface area (TPSA) is 15.3 Å². The van der Waals surface area contributed by atoms with E-state index >= 15 is 0 Å². The molecule has 2 nitrogen and oxygen atoms in total. The van der Waals surface area contributed by atoms with E-state index in [2.05, 4.69) is 181 Å². The molecule has 0 fully saturated rings. The highest BCUT2D eigenvalue weighted by molar-refractivity contribution is 5.80. The summed E-state index contributed by atoms with van der Waals surface area (Å²) in [6.45, 7) is 3.14. The second kappa shape index (κ2) is 12.4. The zero-order chi connectivity index (χ0) is 27.9. The zero-order valence-corrected chi connectivity index (χ0v) is 23.3. The Morgan fingerprint density at radius 3 is 1.24 bits per heavy atom. The summed E-state index contributed by atoms with van der Waals surface area (Å²) >= 11 is 0. The maximum Gasteiger partial charge on any atom is 0.0463 e. The number of hydrogen-bond acceptors (Lipinski definition) is 2. The molecule has 0 spiro atoms. The van der Waals surface area contributed by atoms with Gasteiger partial charge in [0.15, 0.2) is 0 Å². The van der Waals surface area contributed by atoms with Crippen molar-refractivity contribution < 1.29 is 0 Å². The first-order valence-electron chi connectivity index (χ1n) is 14.2. The van der Waals surface area contributed by atoms with E-state index in [1.165, 1.54) is 27.8 Å². The molecule has 1 atom stereocenters. The second-order valence-electron chi connectivity index (χ2n) is 10.4. The Kier molecular flexibility index (Phi) is 7.91. The number of anilines is 4. The van der Waals surface area contributed by atoms with Crippen molar-refractivity contribution in [2.24, 2.45) is 0 Å². The van der Waals surface area contributed by atoms with Crippen molar-refractivity contribution in [2.75, 3.05) is 16.8 Å². The molecule has 6 rings (SSSR count). The third-order valence-corrected chi connectivity index (χ3v) is 7.57. The van der Waals surface area contributed by atoms with Gasteiger partial charge in [0.1, 0.15) is 0 Å². The van der Waals surface area contributed by atoms with Crippen LogP contribution in [0.1, 0.15) is 18.4 Å². The molecular formula is C39H34N2. The van der Waals surface area contributed by atoms with Gasteiger partial charge in [-0.3, -0.25) is 0 Å². The van der Waals surface area contributed by atoms with Gasteiger partial charge in [-0.15, -0.1) is 0 Å². The van der Waals surface area contributed by atoms with Gasteiger partial charge < -0.3 is 10.2 Å². The lowest BCUT2D eigenvalue weighted by atomic mass is 10.0. The Morgan fingerprint density at radius 2 is 0.805 bits per heavy atom. The smallest absolute Gasteiger partial charge is 0.0463 e. The van der Waals surface area contributed by atoms with E-state index in [0.717, 1.165) is 29.3 Å². The van der Waals surface area contributed by atoms with Crippen molar-refractivity contribution in [1.82, 2.24) is 0 Å². The molecule has 0 heterocycles. The first-order chi connectivity index (χ1) is 20.2. The van der Waals surface area contributed by atoms with E-state index in [1.807, 2.05) is 0 Å². The molecule has 0 aliphatic rings. The van der Waals surface area contributed by atoms with Crippen LogP contribution in [0, 0.1) is 0 Å². The molecule has 2 heteroatoms. The minimum absolute atomic E-state index is 0.429. The van der Waals surface area contributed by atoms with Gasteiger partial charge in [0.25, 0.3) is 0 Å². The highest BCUT2D eigenvalue weighted by Gasteiger charge is 2.14. The number of hydrogen-bond donors (Lipinski definition) is 1. The van der Waals surface area contributed by atoms with Crippen molar-refractivity contribution in [2.45, 2.75) is 12.8 Å². The number of benzene rings is 6. The van der Waals surface area contributed by atoms with Crippen LogP contribution in [0.2, 0.25) is 0 Å². The first kappa shape index (κ1) is 26.2. The predicted molar refractivity (Wildman–Crippen MR) is 175 cm³/mol. The highest BCUT2D eigenvalue weighted by atomic mass is 15.1. The van der Waals surface area contributed by atoms with E-state index < -0.39 is 0 Å². The summed E-state index contributed by atoms with van der Waals surface area (Å²) in [6.07, 6.45) is 0. The predicted octanol–water partition coefficient (Wildman–Crippen LogP) is 10.7. The molecular weight excluding hydrogens is 496 g/mol. The average molecular weight is 531 g/mol. The van der Waals surface area contributed by atoms with Gasteiger partial charge in [0.05, 0.1) is 0 Å². The number of rotatable bonds is 9. The van der Waals surface area contributed by atoms with Crippen LogP contribution in [-0.2, 0) is 0 Å². The Hall–Kier alpha value is -5.08. The number of nitrogens with zero attached hydrogens (tertiary/aromatic N) is 1. The third kappa shape index (κ3) is 6.23. The molecule has 1 N–H and O–H groups in total. The molecule has 0 bridgehead atoms. The molecule has 0 saturated heterocycles. The van der Waals surface area contributed by atoms with Crippen molar-refractivity contribution in [3.63, 3.8) is 0 Å². The molecule has 6 aromatic rings. The Bertz CT molecular complexity index is 1560. The van der Waals surface area contributed by atoms with Gasteiger partial charge in [-0.05, 0) is 82.3 Å². The zero-order valence-electron chi connectivity index (χ0n) is 23.3. The first-order valence-corrected chi connectivity index (χ1v) is 14.2. The van der Waals surface area contributed by atoms with E-state index in [-0.39, 0.29) is 0 Å². The lowest BCUT2D eigenvalue weighted by Gasteiger charge is -2.26. The molecule has 0 aliphatic carbocycles. The van der Waals surface area contributed by atoms with Crippen molar-refractivity contribution >= 4 is 22.7 Å². The lowest BCUT2D eigenvalue weighted by molar-refractivity contribution is 0.805. The maximum atomic E-state index is 3.62. The van der Waals surface area contributed by atoms with Gasteiger partial charge in [-0.2, -0.15) is 0 Å². The van der Waals surface area contributed by atoms with Gasteiger partial charge in [-0.1, -0.05) is 122 Å². The van der Waals surface area contributed by atoms with E-state index in [9.17, 15) is 0 Å². The normalized spacial score (nSPS) is 11.5. The van der Waals surface area contributed by atoms with Crippen LogP contribution >= 0.6 is 0 Å². The summed E-state index contributed by atoms with van der Waals surface area (Å²) in [6, 6.07) is 58.1. The SMILES string of the molecule is C[C@@H](CNc1ccc(N(c2ccc(-c3ccccc3)cc2)c2ccc(-c3ccccc3)cc2)cc1)c1ccccc1. The van der Waals surface area contributed by atoms with Crippen LogP contribution in [0.4, 0.5) is 22.7 Å². The van der Waals surface area contributed by atoms with Crippen molar-refractivity contribution in [3.05, 3.63) is 169 Å². The fourth-order valence-electron chi connectivity index (χ4n) is 5.21. The molecule has 41 heavy (non-hydrogen) atoms. The summed E-state index contributed by atoms with van der Waals surface area (Å²) in [5.74, 6) is 0.429. The molecule has 0 unspecified atom stereocenters. The summed E-state index contributed by atoms with van der Waals surface area (Å²) in [5.41, 5.74) is 10.7. The van der Waals surface area contributed by atoms with Gasteiger partial charge in [-0.25, -0.2) is 0 Å². The molecule has 0 radical (unpaired) electrons. The lowest BCUT2D eigenvalue weighted by Crippen LogP contribution is -2.11. The largest absolute Gasteiger partial charge is 0.384 e. The molecule has 0 aliphatic heterocycles.